The average molecular weight is 285 g/mol. The number of rotatable bonds is 6. The Morgan fingerprint density at radius 1 is 1.21 bits per heavy atom. The number of carbonyl (C=O) groups is 2. The predicted octanol–water partition coefficient (Wildman–Crippen LogP) is 1.15. The summed E-state index contributed by atoms with van der Waals surface area (Å²) in [4.78, 5) is 22.1. The maximum atomic E-state index is 11.5. The topological polar surface area (TPSA) is 101 Å². The lowest BCUT2D eigenvalue weighted by Gasteiger charge is -2.05. The van der Waals surface area contributed by atoms with Crippen LogP contribution in [-0.4, -0.2) is 37.4 Å². The van der Waals surface area contributed by atoms with Crippen molar-refractivity contribution in [1.82, 2.24) is 0 Å². The summed E-state index contributed by atoms with van der Waals surface area (Å²) < 4.78 is 21.8. The van der Waals surface area contributed by atoms with Crippen molar-refractivity contribution in [2.24, 2.45) is 0 Å². The monoisotopic (exact) mass is 285 g/mol. The molecule has 0 aliphatic carbocycles. The first kappa shape index (κ1) is 15.2. The van der Waals surface area contributed by atoms with E-state index in [9.17, 15) is 18.0 Å². The lowest BCUT2D eigenvalue weighted by molar-refractivity contribution is -0.116. The van der Waals surface area contributed by atoms with E-state index in [0.29, 0.717) is 5.69 Å². The van der Waals surface area contributed by atoms with E-state index in [1.807, 2.05) is 0 Å². The molecule has 0 aliphatic heterocycles. The smallest absolute Gasteiger partial charge is 0.335 e. The summed E-state index contributed by atoms with van der Waals surface area (Å²) in [6, 6.07) is 5.73. The molecule has 0 saturated heterocycles. The lowest BCUT2D eigenvalue weighted by atomic mass is 10.2. The van der Waals surface area contributed by atoms with Crippen molar-refractivity contribution in [3.63, 3.8) is 0 Å². The summed E-state index contributed by atoms with van der Waals surface area (Å²) >= 11 is 0. The zero-order chi connectivity index (χ0) is 14.5. The molecular weight excluding hydrogens is 270 g/mol. The van der Waals surface area contributed by atoms with Gasteiger partial charge in [-0.05, 0) is 30.7 Å². The minimum atomic E-state index is -3.05. The fourth-order valence-electron chi connectivity index (χ4n) is 1.41. The molecule has 1 amide bonds. The summed E-state index contributed by atoms with van der Waals surface area (Å²) in [5.41, 5.74) is 0.615. The number of benzene rings is 1. The first-order chi connectivity index (χ1) is 8.78. The molecule has 0 saturated carbocycles. The van der Waals surface area contributed by atoms with E-state index in [2.05, 4.69) is 5.32 Å². The molecule has 2 N–H and O–H groups in total. The first-order valence-electron chi connectivity index (χ1n) is 5.59. The van der Waals surface area contributed by atoms with Crippen LogP contribution < -0.4 is 5.32 Å². The molecule has 0 fully saturated rings. The quantitative estimate of drug-likeness (QED) is 0.816. The van der Waals surface area contributed by atoms with Crippen LogP contribution in [0.3, 0.4) is 0 Å². The van der Waals surface area contributed by atoms with Crippen molar-refractivity contribution in [1.29, 1.82) is 0 Å². The fourth-order valence-corrected chi connectivity index (χ4v) is 2.08. The number of amides is 1. The Labute approximate surface area is 111 Å². The van der Waals surface area contributed by atoms with Gasteiger partial charge >= 0.3 is 5.97 Å². The van der Waals surface area contributed by atoms with E-state index in [0.717, 1.165) is 6.26 Å². The molecule has 1 rings (SSSR count). The molecule has 0 aromatic heterocycles. The predicted molar refractivity (Wildman–Crippen MR) is 71.0 cm³/mol. The number of anilines is 1. The van der Waals surface area contributed by atoms with E-state index in [1.165, 1.54) is 24.3 Å². The van der Waals surface area contributed by atoms with Gasteiger partial charge < -0.3 is 10.4 Å². The molecule has 0 spiro atoms. The Balaban J connectivity index is 2.46. The van der Waals surface area contributed by atoms with Crippen molar-refractivity contribution in [2.45, 2.75) is 12.8 Å². The second-order valence-corrected chi connectivity index (χ2v) is 6.42. The molecule has 7 heteroatoms. The maximum Gasteiger partial charge on any atom is 0.335 e. The van der Waals surface area contributed by atoms with Crippen LogP contribution in [-0.2, 0) is 14.6 Å². The van der Waals surface area contributed by atoms with E-state index in [1.54, 1.807) is 0 Å². The zero-order valence-electron chi connectivity index (χ0n) is 10.4. The molecule has 104 valence electrons. The van der Waals surface area contributed by atoms with Gasteiger partial charge in [0.15, 0.2) is 0 Å². The van der Waals surface area contributed by atoms with E-state index >= 15 is 0 Å². The van der Waals surface area contributed by atoms with Crippen LogP contribution in [0.1, 0.15) is 23.2 Å². The van der Waals surface area contributed by atoms with Gasteiger partial charge in [-0.25, -0.2) is 13.2 Å². The summed E-state index contributed by atoms with van der Waals surface area (Å²) in [6.45, 7) is 0. The van der Waals surface area contributed by atoms with Gasteiger partial charge in [-0.2, -0.15) is 0 Å². The number of carboxylic acids is 1. The van der Waals surface area contributed by atoms with Crippen LogP contribution >= 0.6 is 0 Å². The number of hydrogen-bond donors (Lipinski definition) is 2. The van der Waals surface area contributed by atoms with Gasteiger partial charge in [0.1, 0.15) is 9.84 Å². The van der Waals surface area contributed by atoms with Crippen molar-refractivity contribution < 1.29 is 23.1 Å². The normalized spacial score (nSPS) is 11.0. The highest BCUT2D eigenvalue weighted by Crippen LogP contribution is 2.10. The van der Waals surface area contributed by atoms with Crippen LogP contribution in [0.25, 0.3) is 0 Å². The van der Waals surface area contributed by atoms with E-state index < -0.39 is 15.8 Å². The molecular formula is C12H15NO5S. The van der Waals surface area contributed by atoms with E-state index in [4.69, 9.17) is 5.11 Å². The van der Waals surface area contributed by atoms with E-state index in [-0.39, 0.29) is 30.1 Å². The van der Waals surface area contributed by atoms with Crippen LogP contribution in [0.5, 0.6) is 0 Å². The number of hydrogen-bond acceptors (Lipinski definition) is 4. The van der Waals surface area contributed by atoms with Gasteiger partial charge in [0.05, 0.1) is 11.3 Å². The standard InChI is InChI=1S/C12H15NO5S/c1-19(17,18)8-2-3-11(14)13-10-6-4-9(5-7-10)12(15)16/h4-7H,2-3,8H2,1H3,(H,13,14)(H,15,16). The van der Waals surface area contributed by atoms with Crippen molar-refractivity contribution in [3.05, 3.63) is 29.8 Å². The number of nitrogens with one attached hydrogen (secondary N) is 1. The summed E-state index contributed by atoms with van der Waals surface area (Å²) in [6.07, 6.45) is 1.49. The highest BCUT2D eigenvalue weighted by Gasteiger charge is 2.07. The van der Waals surface area contributed by atoms with Gasteiger partial charge in [-0.15, -0.1) is 0 Å². The summed E-state index contributed by atoms with van der Waals surface area (Å²) in [7, 11) is -3.05. The molecule has 19 heavy (non-hydrogen) atoms. The summed E-state index contributed by atoms with van der Waals surface area (Å²) in [5.74, 6) is -1.36. The molecule has 6 nitrogen and oxygen atoms in total. The van der Waals surface area contributed by atoms with Gasteiger partial charge in [0.2, 0.25) is 5.91 Å². The van der Waals surface area contributed by atoms with Gasteiger partial charge in [-0.3, -0.25) is 4.79 Å². The maximum absolute atomic E-state index is 11.5. The second kappa shape index (κ2) is 6.33. The molecule has 0 heterocycles. The van der Waals surface area contributed by atoms with Crippen molar-refractivity contribution >= 4 is 27.4 Å². The Bertz CT molecular complexity index is 562. The van der Waals surface area contributed by atoms with Gasteiger partial charge in [-0.1, -0.05) is 0 Å². The van der Waals surface area contributed by atoms with Crippen LogP contribution in [0.4, 0.5) is 5.69 Å². The highest BCUT2D eigenvalue weighted by atomic mass is 32.2. The minimum Gasteiger partial charge on any atom is -0.478 e. The minimum absolute atomic E-state index is 0.0294. The summed E-state index contributed by atoms with van der Waals surface area (Å²) in [5, 5.41) is 11.3. The molecule has 0 aliphatic rings. The zero-order valence-corrected chi connectivity index (χ0v) is 11.2. The highest BCUT2D eigenvalue weighted by molar-refractivity contribution is 7.90. The first-order valence-corrected chi connectivity index (χ1v) is 7.65. The Hall–Kier alpha value is -1.89. The number of sulfone groups is 1. The number of aromatic carboxylic acids is 1. The third-order valence-electron chi connectivity index (χ3n) is 2.33. The molecule has 0 unspecified atom stereocenters. The molecule has 0 atom stereocenters. The molecule has 1 aromatic carbocycles. The second-order valence-electron chi connectivity index (χ2n) is 4.16. The van der Waals surface area contributed by atoms with Crippen molar-refractivity contribution in [3.8, 4) is 0 Å². The molecule has 1 aromatic rings. The number of carboxylic acid groups (broad SMARTS) is 1. The molecule has 0 bridgehead atoms. The third-order valence-corrected chi connectivity index (χ3v) is 3.36. The molecule has 0 radical (unpaired) electrons. The largest absolute Gasteiger partial charge is 0.478 e. The lowest BCUT2D eigenvalue weighted by Crippen LogP contribution is -2.13. The van der Waals surface area contributed by atoms with Crippen LogP contribution in [0, 0.1) is 0 Å². The van der Waals surface area contributed by atoms with Crippen molar-refractivity contribution in [2.75, 3.05) is 17.3 Å². The Morgan fingerprint density at radius 3 is 2.26 bits per heavy atom. The fraction of sp³-hybridized carbons (Fsp3) is 0.333. The van der Waals surface area contributed by atoms with Gasteiger partial charge in [0, 0.05) is 18.4 Å². The SMILES string of the molecule is CS(=O)(=O)CCCC(=O)Nc1ccc(C(=O)O)cc1. The third kappa shape index (κ3) is 6.01. The Kier molecular flexibility index (Phi) is 5.05. The van der Waals surface area contributed by atoms with Crippen LogP contribution in [0.15, 0.2) is 24.3 Å². The number of carbonyl (C=O) groups excluding carboxylic acids is 1. The average Bonchev–Trinajstić information content (AvgIpc) is 2.27. The Morgan fingerprint density at radius 2 is 1.79 bits per heavy atom. The van der Waals surface area contributed by atoms with Crippen LogP contribution in [0.2, 0.25) is 0 Å². The van der Waals surface area contributed by atoms with Gasteiger partial charge in [0.25, 0.3) is 0 Å².